The highest BCUT2D eigenvalue weighted by Crippen LogP contribution is 2.27. The van der Waals surface area contributed by atoms with Gasteiger partial charge in [-0.15, -0.1) is 0 Å². The van der Waals surface area contributed by atoms with Gasteiger partial charge in [-0.25, -0.2) is 8.42 Å². The molecule has 1 fully saturated rings. The van der Waals surface area contributed by atoms with Crippen molar-refractivity contribution < 1.29 is 17.9 Å². The summed E-state index contributed by atoms with van der Waals surface area (Å²) in [5, 5.41) is 0. The van der Waals surface area contributed by atoms with Crippen LogP contribution in [0.2, 0.25) is 0 Å². The van der Waals surface area contributed by atoms with Gasteiger partial charge in [0.05, 0.1) is 24.8 Å². The summed E-state index contributed by atoms with van der Waals surface area (Å²) in [5.74, 6) is 1.28. The molecule has 0 amide bonds. The van der Waals surface area contributed by atoms with Crippen molar-refractivity contribution in [2.75, 3.05) is 27.3 Å². The molecule has 26 heavy (non-hydrogen) atoms. The Bertz CT molecular complexity index is 886. The third-order valence-electron chi connectivity index (χ3n) is 4.31. The highest BCUT2D eigenvalue weighted by molar-refractivity contribution is 7.89. The van der Waals surface area contributed by atoms with Gasteiger partial charge in [0.25, 0.3) is 0 Å². The van der Waals surface area contributed by atoms with Gasteiger partial charge < -0.3 is 9.47 Å². The van der Waals surface area contributed by atoms with E-state index in [4.69, 9.17) is 9.47 Å². The summed E-state index contributed by atoms with van der Waals surface area (Å²) in [4.78, 5) is 4.71. The van der Waals surface area contributed by atoms with Crippen LogP contribution in [0.4, 0.5) is 5.69 Å². The lowest BCUT2D eigenvalue weighted by atomic mass is 10.2. The van der Waals surface area contributed by atoms with Crippen LogP contribution in [0.25, 0.3) is 0 Å². The summed E-state index contributed by atoms with van der Waals surface area (Å²) in [6.45, 7) is 1.20. The molecule has 0 aliphatic carbocycles. The smallest absolute Gasteiger partial charge is 0.243 e. The summed E-state index contributed by atoms with van der Waals surface area (Å²) in [5.41, 5.74) is 1.54. The fourth-order valence-electron chi connectivity index (χ4n) is 2.86. The number of rotatable bonds is 6. The van der Waals surface area contributed by atoms with Gasteiger partial charge in [-0.1, -0.05) is 0 Å². The third kappa shape index (κ3) is 3.89. The van der Waals surface area contributed by atoms with Gasteiger partial charge in [-0.2, -0.15) is 4.31 Å². The molecule has 0 radical (unpaired) electrons. The van der Waals surface area contributed by atoms with Gasteiger partial charge in [0.2, 0.25) is 10.0 Å². The van der Waals surface area contributed by atoms with Gasteiger partial charge in [-0.3, -0.25) is 4.99 Å². The van der Waals surface area contributed by atoms with E-state index in [1.165, 1.54) is 4.31 Å². The van der Waals surface area contributed by atoms with Crippen LogP contribution in [0.5, 0.6) is 11.5 Å². The zero-order valence-electron chi connectivity index (χ0n) is 14.9. The molecule has 0 N–H and O–H groups in total. The Morgan fingerprint density at radius 2 is 1.62 bits per heavy atom. The number of sulfonamides is 1. The number of aliphatic imine (C=N–C) groups is 1. The Morgan fingerprint density at radius 3 is 2.23 bits per heavy atom. The normalized spacial score (nSPS) is 15.5. The van der Waals surface area contributed by atoms with Gasteiger partial charge in [0, 0.05) is 19.3 Å². The van der Waals surface area contributed by atoms with Crippen LogP contribution in [-0.2, 0) is 10.0 Å². The summed E-state index contributed by atoms with van der Waals surface area (Å²) < 4.78 is 37.1. The van der Waals surface area contributed by atoms with Gasteiger partial charge >= 0.3 is 0 Å². The number of hydrogen-bond acceptors (Lipinski definition) is 5. The molecule has 0 unspecified atom stereocenters. The molecular formula is C19H22N2O4S. The third-order valence-corrected chi connectivity index (χ3v) is 6.22. The molecule has 1 aliphatic heterocycles. The Hall–Kier alpha value is -2.38. The van der Waals surface area contributed by atoms with E-state index in [9.17, 15) is 8.42 Å². The molecule has 1 heterocycles. The zero-order chi connectivity index (χ0) is 18.6. The molecule has 0 aromatic heterocycles. The molecule has 0 bridgehead atoms. The van der Waals surface area contributed by atoms with E-state index in [2.05, 4.69) is 4.99 Å². The maximum Gasteiger partial charge on any atom is 0.243 e. The van der Waals surface area contributed by atoms with Crippen LogP contribution in [0.1, 0.15) is 18.4 Å². The molecule has 1 aliphatic rings. The highest BCUT2D eigenvalue weighted by Gasteiger charge is 2.26. The Labute approximate surface area is 154 Å². The summed E-state index contributed by atoms with van der Waals surface area (Å²) in [6.07, 6.45) is 3.55. The van der Waals surface area contributed by atoms with Gasteiger partial charge in [0.1, 0.15) is 0 Å². The largest absolute Gasteiger partial charge is 0.493 e. The predicted molar refractivity (Wildman–Crippen MR) is 101 cm³/mol. The summed E-state index contributed by atoms with van der Waals surface area (Å²) in [6, 6.07) is 12.1. The zero-order valence-corrected chi connectivity index (χ0v) is 15.7. The first-order chi connectivity index (χ1) is 12.5. The summed E-state index contributed by atoms with van der Waals surface area (Å²) >= 11 is 0. The van der Waals surface area contributed by atoms with Crippen molar-refractivity contribution in [2.45, 2.75) is 17.7 Å². The highest BCUT2D eigenvalue weighted by atomic mass is 32.2. The van der Waals surface area contributed by atoms with Crippen molar-refractivity contribution in [3.63, 3.8) is 0 Å². The first-order valence-electron chi connectivity index (χ1n) is 8.41. The maximum atomic E-state index is 12.5. The molecule has 6 nitrogen and oxygen atoms in total. The lowest BCUT2D eigenvalue weighted by molar-refractivity contribution is 0.355. The predicted octanol–water partition coefficient (Wildman–Crippen LogP) is 3.24. The molecule has 138 valence electrons. The molecular weight excluding hydrogens is 352 g/mol. The second-order valence-corrected chi connectivity index (χ2v) is 7.92. The average molecular weight is 374 g/mol. The molecule has 3 rings (SSSR count). The van der Waals surface area contributed by atoms with Crippen LogP contribution in [-0.4, -0.2) is 46.2 Å². The minimum Gasteiger partial charge on any atom is -0.493 e. The molecule has 2 aromatic rings. The lowest BCUT2D eigenvalue weighted by Gasteiger charge is -2.15. The van der Waals surface area contributed by atoms with Crippen molar-refractivity contribution in [1.29, 1.82) is 0 Å². The van der Waals surface area contributed by atoms with Gasteiger partial charge in [-0.05, 0) is 60.9 Å². The number of ether oxygens (including phenoxy) is 2. The quantitative estimate of drug-likeness (QED) is 0.728. The van der Waals surface area contributed by atoms with Crippen molar-refractivity contribution >= 4 is 21.9 Å². The molecule has 2 aromatic carbocycles. The van der Waals surface area contributed by atoms with Crippen LogP contribution >= 0.6 is 0 Å². The van der Waals surface area contributed by atoms with Gasteiger partial charge in [0.15, 0.2) is 11.5 Å². The number of hydrogen-bond donors (Lipinski definition) is 0. The molecule has 7 heteroatoms. The Morgan fingerprint density at radius 1 is 0.962 bits per heavy atom. The van der Waals surface area contributed by atoms with Crippen molar-refractivity contribution in [2.24, 2.45) is 4.99 Å². The lowest BCUT2D eigenvalue weighted by Crippen LogP contribution is -2.27. The number of methoxy groups -OCH3 is 2. The van der Waals surface area contributed by atoms with E-state index in [1.54, 1.807) is 44.7 Å². The molecule has 1 saturated heterocycles. The van der Waals surface area contributed by atoms with E-state index in [0.29, 0.717) is 35.2 Å². The first kappa shape index (κ1) is 18.4. The van der Waals surface area contributed by atoms with Crippen LogP contribution in [0, 0.1) is 0 Å². The topological polar surface area (TPSA) is 68.2 Å². The van der Waals surface area contributed by atoms with Crippen molar-refractivity contribution in [3.05, 3.63) is 48.0 Å². The average Bonchev–Trinajstić information content (AvgIpc) is 3.22. The summed E-state index contributed by atoms with van der Waals surface area (Å²) in [7, 11) is -0.220. The Kier molecular flexibility index (Phi) is 5.58. The SMILES string of the molecule is COc1ccc(C=Nc2ccc(S(=O)(=O)N3CCCC3)cc2)cc1OC. The van der Waals surface area contributed by atoms with E-state index < -0.39 is 10.0 Å². The minimum absolute atomic E-state index is 0.310. The Balaban J connectivity index is 1.76. The second kappa shape index (κ2) is 7.88. The maximum absolute atomic E-state index is 12.5. The number of nitrogens with zero attached hydrogens (tertiary/aromatic N) is 2. The van der Waals surface area contributed by atoms with Crippen LogP contribution < -0.4 is 9.47 Å². The minimum atomic E-state index is -3.39. The standard InChI is InChI=1S/C19H22N2O4S/c1-24-18-10-5-15(13-19(18)25-2)14-20-16-6-8-17(9-7-16)26(22,23)21-11-3-4-12-21/h5-10,13-14H,3-4,11-12H2,1-2H3. The van der Waals surface area contributed by atoms with Crippen molar-refractivity contribution in [3.8, 4) is 11.5 Å². The first-order valence-corrected chi connectivity index (χ1v) is 9.85. The van der Waals surface area contributed by atoms with Crippen LogP contribution in [0.15, 0.2) is 52.4 Å². The molecule has 0 saturated carbocycles. The van der Waals surface area contributed by atoms with E-state index in [1.807, 2.05) is 18.2 Å². The van der Waals surface area contributed by atoms with E-state index in [0.717, 1.165) is 18.4 Å². The van der Waals surface area contributed by atoms with Crippen LogP contribution in [0.3, 0.4) is 0 Å². The molecule has 0 spiro atoms. The van der Waals surface area contributed by atoms with Crippen molar-refractivity contribution in [1.82, 2.24) is 4.31 Å². The monoisotopic (exact) mass is 374 g/mol. The molecule has 0 atom stereocenters. The second-order valence-electron chi connectivity index (χ2n) is 5.98. The fourth-order valence-corrected chi connectivity index (χ4v) is 4.38. The van der Waals surface area contributed by atoms with E-state index in [-0.39, 0.29) is 0 Å². The number of benzene rings is 2. The van der Waals surface area contributed by atoms with E-state index >= 15 is 0 Å². The fraction of sp³-hybridized carbons (Fsp3) is 0.316.